The summed E-state index contributed by atoms with van der Waals surface area (Å²) in [4.78, 5) is 11.7. The average Bonchev–Trinajstić information content (AvgIpc) is 2.29. The molecule has 1 aromatic rings. The van der Waals surface area contributed by atoms with Gasteiger partial charge in [0.2, 0.25) is 5.75 Å². The first kappa shape index (κ1) is 12.4. The Kier molecular flexibility index (Phi) is 4.17. The van der Waals surface area contributed by atoms with E-state index < -0.39 is 0 Å². The first-order valence-corrected chi connectivity index (χ1v) is 5.12. The molecule has 0 bridgehead atoms. The van der Waals surface area contributed by atoms with E-state index in [4.69, 9.17) is 9.47 Å². The van der Waals surface area contributed by atoms with Gasteiger partial charge in [0.05, 0.1) is 14.2 Å². The molecule has 0 aromatic heterocycles. The molecule has 0 aliphatic rings. The molecule has 1 aromatic carbocycles. The van der Waals surface area contributed by atoms with Crippen molar-refractivity contribution in [2.45, 2.75) is 19.8 Å². The summed E-state index contributed by atoms with van der Waals surface area (Å²) in [6.07, 6.45) is 1.25. The number of hydrogen-bond donors (Lipinski definition) is 1. The number of ether oxygens (including phenoxy) is 2. The molecule has 0 saturated carbocycles. The maximum absolute atomic E-state index is 11.7. The molecule has 0 unspecified atom stereocenters. The van der Waals surface area contributed by atoms with Crippen LogP contribution in [0.4, 0.5) is 0 Å². The first-order chi connectivity index (χ1) is 7.63. The van der Waals surface area contributed by atoms with Crippen LogP contribution in [-0.2, 0) is 0 Å². The van der Waals surface area contributed by atoms with Gasteiger partial charge in [-0.3, -0.25) is 4.79 Å². The molecule has 88 valence electrons. The summed E-state index contributed by atoms with van der Waals surface area (Å²) in [5.74, 6) is 0.426. The molecule has 16 heavy (non-hydrogen) atoms. The predicted octanol–water partition coefficient (Wildman–Crippen LogP) is 2.39. The highest BCUT2D eigenvalue weighted by molar-refractivity contribution is 5.97. The summed E-state index contributed by atoms with van der Waals surface area (Å²) in [6, 6.07) is 3.05. The molecule has 4 nitrogen and oxygen atoms in total. The molecule has 0 aliphatic heterocycles. The van der Waals surface area contributed by atoms with Crippen molar-refractivity contribution in [2.75, 3.05) is 14.2 Å². The molecule has 1 rings (SSSR count). The van der Waals surface area contributed by atoms with Crippen LogP contribution in [0.3, 0.4) is 0 Å². The van der Waals surface area contributed by atoms with Crippen LogP contribution in [0.15, 0.2) is 12.1 Å². The van der Waals surface area contributed by atoms with E-state index in [1.807, 2.05) is 6.92 Å². The molecule has 0 amide bonds. The van der Waals surface area contributed by atoms with Crippen molar-refractivity contribution in [1.29, 1.82) is 0 Å². The lowest BCUT2D eigenvalue weighted by atomic mass is 10.1. The van der Waals surface area contributed by atoms with Crippen molar-refractivity contribution < 1.29 is 19.4 Å². The number of benzene rings is 1. The number of methoxy groups -OCH3 is 2. The zero-order valence-corrected chi connectivity index (χ0v) is 9.74. The van der Waals surface area contributed by atoms with Crippen LogP contribution in [0.1, 0.15) is 30.1 Å². The van der Waals surface area contributed by atoms with Gasteiger partial charge in [0.1, 0.15) is 0 Å². The molecule has 0 heterocycles. The largest absolute Gasteiger partial charge is 0.502 e. The van der Waals surface area contributed by atoms with Gasteiger partial charge < -0.3 is 14.6 Å². The highest BCUT2D eigenvalue weighted by Gasteiger charge is 2.14. The lowest BCUT2D eigenvalue weighted by molar-refractivity contribution is 0.0981. The third-order valence-corrected chi connectivity index (χ3v) is 2.28. The van der Waals surface area contributed by atoms with Crippen LogP contribution in [0, 0.1) is 0 Å². The number of phenolic OH excluding ortho intramolecular Hbond substituents is 1. The van der Waals surface area contributed by atoms with E-state index in [9.17, 15) is 9.90 Å². The summed E-state index contributed by atoms with van der Waals surface area (Å²) in [6.45, 7) is 1.94. The number of ketones is 1. The minimum absolute atomic E-state index is 0.0131. The first-order valence-electron chi connectivity index (χ1n) is 5.12. The van der Waals surface area contributed by atoms with Crippen molar-refractivity contribution in [3.8, 4) is 17.2 Å². The van der Waals surface area contributed by atoms with E-state index in [-0.39, 0.29) is 23.0 Å². The Bertz CT molecular complexity index is 360. The van der Waals surface area contributed by atoms with Crippen molar-refractivity contribution in [2.24, 2.45) is 0 Å². The Morgan fingerprint density at radius 3 is 2.12 bits per heavy atom. The van der Waals surface area contributed by atoms with Crippen molar-refractivity contribution >= 4 is 5.78 Å². The highest BCUT2D eigenvalue weighted by Crippen LogP contribution is 2.37. The predicted molar refractivity (Wildman–Crippen MR) is 60.4 cm³/mol. The van der Waals surface area contributed by atoms with E-state index in [2.05, 4.69) is 0 Å². The van der Waals surface area contributed by atoms with E-state index in [0.29, 0.717) is 12.0 Å². The van der Waals surface area contributed by atoms with Crippen LogP contribution >= 0.6 is 0 Å². The number of Topliss-reactive ketones (excluding diaryl/α,β-unsaturated/α-hetero) is 1. The number of phenols is 1. The van der Waals surface area contributed by atoms with E-state index in [1.54, 1.807) is 0 Å². The van der Waals surface area contributed by atoms with Gasteiger partial charge in [-0.25, -0.2) is 0 Å². The molecular formula is C12H16O4. The second-order valence-electron chi connectivity index (χ2n) is 3.40. The van der Waals surface area contributed by atoms with Crippen molar-refractivity contribution in [3.05, 3.63) is 17.7 Å². The summed E-state index contributed by atoms with van der Waals surface area (Å²) < 4.78 is 9.95. The summed E-state index contributed by atoms with van der Waals surface area (Å²) in [5.41, 5.74) is 0.494. The molecule has 0 saturated heterocycles. The zero-order valence-electron chi connectivity index (χ0n) is 9.74. The molecule has 0 radical (unpaired) electrons. The maximum atomic E-state index is 11.7. The van der Waals surface area contributed by atoms with E-state index >= 15 is 0 Å². The highest BCUT2D eigenvalue weighted by atomic mass is 16.5. The van der Waals surface area contributed by atoms with Crippen LogP contribution < -0.4 is 9.47 Å². The fourth-order valence-corrected chi connectivity index (χ4v) is 1.43. The Labute approximate surface area is 94.8 Å². The van der Waals surface area contributed by atoms with Crippen LogP contribution in [0.2, 0.25) is 0 Å². The molecule has 1 N–H and O–H groups in total. The average molecular weight is 224 g/mol. The van der Waals surface area contributed by atoms with E-state index in [0.717, 1.165) is 6.42 Å². The minimum atomic E-state index is -0.0851. The topological polar surface area (TPSA) is 55.8 Å². The molecular weight excluding hydrogens is 208 g/mol. The van der Waals surface area contributed by atoms with Crippen molar-refractivity contribution in [1.82, 2.24) is 0 Å². The number of aromatic hydroxyl groups is 1. The van der Waals surface area contributed by atoms with Crippen LogP contribution in [0.5, 0.6) is 17.2 Å². The van der Waals surface area contributed by atoms with Gasteiger partial charge in [-0.1, -0.05) is 6.92 Å². The van der Waals surface area contributed by atoms with Gasteiger partial charge in [-0.15, -0.1) is 0 Å². The normalized spacial score (nSPS) is 9.94. The number of carbonyl (C=O) groups is 1. The van der Waals surface area contributed by atoms with Crippen LogP contribution in [-0.4, -0.2) is 25.1 Å². The van der Waals surface area contributed by atoms with Crippen LogP contribution in [0.25, 0.3) is 0 Å². The minimum Gasteiger partial charge on any atom is -0.502 e. The summed E-state index contributed by atoms with van der Waals surface area (Å²) in [7, 11) is 2.87. The third kappa shape index (κ3) is 2.45. The van der Waals surface area contributed by atoms with Gasteiger partial charge in [-0.05, 0) is 18.6 Å². The number of rotatable bonds is 5. The third-order valence-electron chi connectivity index (χ3n) is 2.28. The standard InChI is InChI=1S/C12H16O4/c1-4-5-9(13)8-6-10(15-2)12(14)11(7-8)16-3/h6-7,14H,4-5H2,1-3H3. The second-order valence-corrected chi connectivity index (χ2v) is 3.40. The van der Waals surface area contributed by atoms with Gasteiger partial charge in [-0.2, -0.15) is 0 Å². The van der Waals surface area contributed by atoms with Gasteiger partial charge >= 0.3 is 0 Å². The molecule has 0 aliphatic carbocycles. The summed E-state index contributed by atoms with van der Waals surface area (Å²) in [5, 5.41) is 9.66. The zero-order chi connectivity index (χ0) is 12.1. The fourth-order valence-electron chi connectivity index (χ4n) is 1.43. The Hall–Kier alpha value is -1.71. The fraction of sp³-hybridized carbons (Fsp3) is 0.417. The lowest BCUT2D eigenvalue weighted by Crippen LogP contribution is -2.00. The van der Waals surface area contributed by atoms with E-state index in [1.165, 1.54) is 26.4 Å². The second kappa shape index (κ2) is 5.39. The maximum Gasteiger partial charge on any atom is 0.200 e. The number of carbonyl (C=O) groups excluding carboxylic acids is 1. The monoisotopic (exact) mass is 224 g/mol. The molecule has 0 atom stereocenters. The smallest absolute Gasteiger partial charge is 0.200 e. The Morgan fingerprint density at radius 1 is 1.25 bits per heavy atom. The van der Waals surface area contributed by atoms with Gasteiger partial charge in [0.25, 0.3) is 0 Å². The Balaban J connectivity index is 3.16. The lowest BCUT2D eigenvalue weighted by Gasteiger charge is -2.10. The van der Waals surface area contributed by atoms with Gasteiger partial charge in [0.15, 0.2) is 17.3 Å². The van der Waals surface area contributed by atoms with Crippen molar-refractivity contribution in [3.63, 3.8) is 0 Å². The quantitative estimate of drug-likeness (QED) is 0.780. The summed E-state index contributed by atoms with van der Waals surface area (Å²) >= 11 is 0. The van der Waals surface area contributed by atoms with Gasteiger partial charge in [0, 0.05) is 12.0 Å². The molecule has 0 spiro atoms. The Morgan fingerprint density at radius 2 is 1.75 bits per heavy atom. The number of hydrogen-bond acceptors (Lipinski definition) is 4. The SMILES string of the molecule is CCCC(=O)c1cc(OC)c(O)c(OC)c1. The molecule has 0 fully saturated rings. The molecule has 4 heteroatoms.